The number of hydrogen-bond acceptors (Lipinski definition) is 8. The van der Waals surface area contributed by atoms with E-state index in [1.165, 1.54) is 43.3 Å². The summed E-state index contributed by atoms with van der Waals surface area (Å²) in [5.74, 6) is -4.54. The zero-order chi connectivity index (χ0) is 27.8. The highest BCUT2D eigenvalue weighted by Gasteiger charge is 2.60. The number of esters is 1. The van der Waals surface area contributed by atoms with E-state index in [-0.39, 0.29) is 30.0 Å². The van der Waals surface area contributed by atoms with Crippen LogP contribution in [0, 0.1) is 5.41 Å². The van der Waals surface area contributed by atoms with Crippen LogP contribution in [-0.2, 0) is 14.3 Å². The van der Waals surface area contributed by atoms with E-state index in [2.05, 4.69) is 10.3 Å². The number of amidine groups is 1. The van der Waals surface area contributed by atoms with Crippen molar-refractivity contribution in [2.24, 2.45) is 10.4 Å². The molecule has 1 aromatic carbocycles. The van der Waals surface area contributed by atoms with Gasteiger partial charge in [0.1, 0.15) is 6.04 Å². The van der Waals surface area contributed by atoms with E-state index in [0.717, 1.165) is 0 Å². The van der Waals surface area contributed by atoms with Crippen LogP contribution in [0.25, 0.3) is 0 Å². The highest BCUT2D eigenvalue weighted by Crippen LogP contribution is 2.49. The minimum Gasteiger partial charge on any atom is -0.481 e. The molecule has 0 bridgehead atoms. The lowest BCUT2D eigenvalue weighted by Crippen LogP contribution is -2.44. The number of halogens is 4. The molecule has 2 aliphatic heterocycles. The predicted octanol–water partition coefficient (Wildman–Crippen LogP) is 5.18. The summed E-state index contributed by atoms with van der Waals surface area (Å²) in [5, 5.41) is 15.3. The molecule has 38 heavy (non-hydrogen) atoms. The summed E-state index contributed by atoms with van der Waals surface area (Å²) in [6, 6.07) is 3.08. The molecule has 2 atom stereocenters. The Morgan fingerprint density at radius 1 is 1.32 bits per heavy atom. The van der Waals surface area contributed by atoms with Crippen LogP contribution in [-0.4, -0.2) is 64.9 Å². The van der Waals surface area contributed by atoms with Gasteiger partial charge in [0.05, 0.1) is 19.2 Å². The van der Waals surface area contributed by atoms with Crippen LogP contribution in [0.5, 0.6) is 0 Å². The summed E-state index contributed by atoms with van der Waals surface area (Å²) >= 11 is 13.9. The third-order valence-corrected chi connectivity index (χ3v) is 8.38. The van der Waals surface area contributed by atoms with Crippen LogP contribution in [0.4, 0.5) is 8.78 Å². The summed E-state index contributed by atoms with van der Waals surface area (Å²) in [4.78, 5) is 35.0. The van der Waals surface area contributed by atoms with E-state index in [1.807, 2.05) is 0 Å². The molecule has 0 amide bonds. The zero-order valence-corrected chi connectivity index (χ0v) is 23.1. The first-order chi connectivity index (χ1) is 17.9. The zero-order valence-electron chi connectivity index (χ0n) is 20.8. The third kappa shape index (κ3) is 5.42. The Morgan fingerprint density at radius 2 is 2.05 bits per heavy atom. The molecule has 0 unspecified atom stereocenters. The maximum Gasteiger partial charge on any atom is 0.338 e. The number of aromatic nitrogens is 1. The molecular weight excluding hydrogens is 561 g/mol. The number of carbonyl (C=O) groups is 2. The number of likely N-dealkylation sites (tertiary alicyclic amines) is 1. The standard InChI is InChI=1S/C25H26Cl2F2N4O4S/c1-24(2)17(6-7-18(34)35)33(12-25(24,28)29)11-16-19(23(36)37-3)20(14-5-4-13(26)10-15(14)27)32-21(31-16)22-30-8-9-38-22/h4-5,8-10,17,20H,6-7,11-12H2,1-3H3,(H,31,32)(H,34,35)/t17-,20+/m1/s1. The lowest BCUT2D eigenvalue weighted by atomic mass is 9.79. The molecule has 2 aliphatic rings. The van der Waals surface area contributed by atoms with Crippen LogP contribution in [0.15, 0.2) is 46.0 Å². The molecule has 0 spiro atoms. The van der Waals surface area contributed by atoms with Gasteiger partial charge in [-0.3, -0.25) is 14.7 Å². The third-order valence-electron chi connectivity index (χ3n) is 7.03. The smallest absolute Gasteiger partial charge is 0.338 e. The van der Waals surface area contributed by atoms with Crippen LogP contribution in [0.2, 0.25) is 10.0 Å². The van der Waals surface area contributed by atoms with E-state index in [4.69, 9.17) is 32.9 Å². The van der Waals surface area contributed by atoms with E-state index in [0.29, 0.717) is 27.1 Å². The molecule has 13 heteroatoms. The quantitative estimate of drug-likeness (QED) is 0.411. The van der Waals surface area contributed by atoms with Gasteiger partial charge < -0.3 is 15.2 Å². The van der Waals surface area contributed by atoms with Gasteiger partial charge in [-0.05, 0) is 18.6 Å². The highest BCUT2D eigenvalue weighted by atomic mass is 35.5. The number of carboxylic acids is 1. The van der Waals surface area contributed by atoms with E-state index in [1.54, 1.807) is 23.7 Å². The largest absolute Gasteiger partial charge is 0.481 e. The van der Waals surface area contributed by atoms with Crippen LogP contribution in [0.3, 0.4) is 0 Å². The Bertz CT molecular complexity index is 1300. The number of nitrogens with zero attached hydrogens (tertiary/aromatic N) is 3. The van der Waals surface area contributed by atoms with Crippen molar-refractivity contribution in [1.82, 2.24) is 15.2 Å². The summed E-state index contributed by atoms with van der Waals surface area (Å²) in [6.07, 6.45) is 1.34. The number of aliphatic imine (C=N–C) groups is 1. The SMILES string of the molecule is COC(=O)C1=C(CN2CC(F)(F)C(C)(C)[C@H]2CCC(=O)O)NC(c2nccs2)=N[C@H]1c1ccc(Cl)cc1Cl. The fourth-order valence-corrected chi connectivity index (χ4v) is 6.01. The number of carbonyl (C=O) groups excluding carboxylic acids is 1. The second-order valence-corrected chi connectivity index (χ2v) is 11.4. The minimum atomic E-state index is -3.10. The molecule has 4 rings (SSSR count). The fraction of sp³-hybridized carbons (Fsp3) is 0.440. The monoisotopic (exact) mass is 586 g/mol. The van der Waals surface area contributed by atoms with Crippen molar-refractivity contribution in [3.05, 3.63) is 61.7 Å². The minimum absolute atomic E-state index is 0.0125. The van der Waals surface area contributed by atoms with Crippen molar-refractivity contribution in [2.75, 3.05) is 20.2 Å². The predicted molar refractivity (Wildman–Crippen MR) is 141 cm³/mol. The molecular formula is C25H26Cl2F2N4O4S. The lowest BCUT2D eigenvalue weighted by molar-refractivity contribution is -0.138. The molecule has 2 aromatic rings. The van der Waals surface area contributed by atoms with Crippen LogP contribution < -0.4 is 5.32 Å². The molecule has 2 N–H and O–H groups in total. The topological polar surface area (TPSA) is 104 Å². The van der Waals surface area contributed by atoms with Gasteiger partial charge in [-0.2, -0.15) is 0 Å². The Labute approximate surface area is 232 Å². The van der Waals surface area contributed by atoms with Crippen LogP contribution >= 0.6 is 34.5 Å². The number of benzene rings is 1. The number of thiazole rings is 1. The fourth-order valence-electron chi connectivity index (χ4n) is 4.91. The average Bonchev–Trinajstić information content (AvgIpc) is 3.42. The Balaban J connectivity index is 1.83. The van der Waals surface area contributed by atoms with Crippen molar-refractivity contribution in [2.45, 2.75) is 44.7 Å². The number of nitrogens with one attached hydrogen (secondary N) is 1. The molecule has 0 saturated carbocycles. The number of methoxy groups -OCH3 is 1. The van der Waals surface area contributed by atoms with Gasteiger partial charge in [0.2, 0.25) is 0 Å². The van der Waals surface area contributed by atoms with Gasteiger partial charge >= 0.3 is 11.9 Å². The molecule has 8 nitrogen and oxygen atoms in total. The van der Waals surface area contributed by atoms with Crippen molar-refractivity contribution in [3.63, 3.8) is 0 Å². The summed E-state index contributed by atoms with van der Waals surface area (Å²) < 4.78 is 35.4. The van der Waals surface area contributed by atoms with Gasteiger partial charge in [0.25, 0.3) is 5.92 Å². The molecule has 1 saturated heterocycles. The van der Waals surface area contributed by atoms with Crippen LogP contribution in [0.1, 0.15) is 43.3 Å². The first-order valence-corrected chi connectivity index (χ1v) is 13.3. The number of hydrogen-bond donors (Lipinski definition) is 2. The van der Waals surface area contributed by atoms with Gasteiger partial charge in [-0.25, -0.2) is 18.6 Å². The molecule has 204 valence electrons. The second-order valence-electron chi connectivity index (χ2n) is 9.67. The van der Waals surface area contributed by atoms with Crippen molar-refractivity contribution in [1.29, 1.82) is 0 Å². The second kappa shape index (κ2) is 10.9. The molecule has 1 aromatic heterocycles. The van der Waals surface area contributed by atoms with Crippen molar-refractivity contribution >= 4 is 52.3 Å². The number of ether oxygens (including phenoxy) is 1. The number of alkyl halides is 2. The van der Waals surface area contributed by atoms with E-state index >= 15 is 8.78 Å². The number of aliphatic carboxylic acids is 1. The first-order valence-electron chi connectivity index (χ1n) is 11.7. The first kappa shape index (κ1) is 28.4. The van der Waals surface area contributed by atoms with E-state index < -0.39 is 41.9 Å². The van der Waals surface area contributed by atoms with Gasteiger partial charge in [-0.15, -0.1) is 11.3 Å². The Kier molecular flexibility index (Phi) is 8.13. The average molecular weight is 587 g/mol. The van der Waals surface area contributed by atoms with Gasteiger partial charge in [0.15, 0.2) is 10.8 Å². The Morgan fingerprint density at radius 3 is 2.66 bits per heavy atom. The molecule has 3 heterocycles. The maximum atomic E-state index is 15.2. The van der Waals surface area contributed by atoms with Gasteiger partial charge in [0, 0.05) is 57.3 Å². The van der Waals surface area contributed by atoms with Crippen molar-refractivity contribution < 1.29 is 28.2 Å². The Hall–Kier alpha value is -2.60. The summed E-state index contributed by atoms with van der Waals surface area (Å²) in [5.41, 5.74) is -0.642. The van der Waals surface area contributed by atoms with Crippen molar-refractivity contribution in [3.8, 4) is 0 Å². The van der Waals surface area contributed by atoms with Gasteiger partial charge in [-0.1, -0.05) is 43.1 Å². The summed E-state index contributed by atoms with van der Waals surface area (Å²) in [7, 11) is 1.22. The molecule has 0 radical (unpaired) electrons. The molecule has 0 aliphatic carbocycles. The molecule has 1 fully saturated rings. The lowest BCUT2D eigenvalue weighted by Gasteiger charge is -2.35. The number of rotatable bonds is 8. The van der Waals surface area contributed by atoms with E-state index in [9.17, 15) is 14.7 Å². The number of carboxylic acid groups (broad SMARTS) is 1. The highest BCUT2D eigenvalue weighted by molar-refractivity contribution is 7.11. The maximum absolute atomic E-state index is 15.2. The summed E-state index contributed by atoms with van der Waals surface area (Å²) in [6.45, 7) is 2.14. The normalized spacial score (nSPS) is 22.7.